The van der Waals surface area contributed by atoms with Crippen molar-refractivity contribution in [1.82, 2.24) is 0 Å². The van der Waals surface area contributed by atoms with Crippen molar-refractivity contribution in [1.29, 1.82) is 0 Å². The minimum Gasteiger partial charge on any atom is -0.378 e. The zero-order chi connectivity index (χ0) is 35.0. The van der Waals surface area contributed by atoms with Crippen LogP contribution in [0, 0.1) is 17.8 Å². The summed E-state index contributed by atoms with van der Waals surface area (Å²) in [7, 11) is 1.64. The van der Waals surface area contributed by atoms with E-state index in [1.807, 2.05) is 0 Å². The number of carbonyl (C=O) groups excluding carboxylic acids is 2. The number of fused-ring (bicyclic) bond motifs is 8. The first-order chi connectivity index (χ1) is 24.8. The number of ether oxygens (including phenoxy) is 9. The van der Waals surface area contributed by atoms with Gasteiger partial charge in [-0.1, -0.05) is 20.1 Å². The summed E-state index contributed by atoms with van der Waals surface area (Å²) in [6.45, 7) is 11.7. The van der Waals surface area contributed by atoms with E-state index in [4.69, 9.17) is 42.6 Å². The van der Waals surface area contributed by atoms with Gasteiger partial charge in [-0.15, -0.1) is 0 Å². The molecule has 0 radical (unpaired) electrons. The zero-order valence-corrected chi connectivity index (χ0v) is 30.1. The molecule has 0 aliphatic carbocycles. The largest absolute Gasteiger partial charge is 0.378 e. The van der Waals surface area contributed by atoms with Crippen LogP contribution in [0.5, 0.6) is 0 Å². The van der Waals surface area contributed by atoms with Crippen LogP contribution in [0.15, 0.2) is 24.3 Å². The molecule has 9 heterocycles. The van der Waals surface area contributed by atoms with Gasteiger partial charge in [0.1, 0.15) is 42.6 Å². The van der Waals surface area contributed by atoms with Crippen LogP contribution in [-0.2, 0) is 52.2 Å². The van der Waals surface area contributed by atoms with E-state index < -0.39 is 6.10 Å². The Hall–Kier alpha value is -1.54. The number of carbonyl (C=O) groups is 2. The lowest BCUT2D eigenvalue weighted by atomic mass is 9.81. The molecule has 0 saturated carbocycles. The second-order valence-corrected chi connectivity index (χ2v) is 17.0. The number of methoxy groups -OCH3 is 1. The molecule has 10 bridgehead atoms. The molecule has 19 atom stereocenters. The molecule has 11 heteroatoms. The highest BCUT2D eigenvalue weighted by Gasteiger charge is 2.65. The summed E-state index contributed by atoms with van der Waals surface area (Å²) in [5, 5.41) is 0. The van der Waals surface area contributed by atoms with E-state index in [2.05, 4.69) is 20.1 Å². The van der Waals surface area contributed by atoms with E-state index in [9.17, 15) is 9.59 Å². The van der Waals surface area contributed by atoms with E-state index in [1.54, 1.807) is 7.11 Å². The second-order valence-electron chi connectivity index (χ2n) is 17.0. The van der Waals surface area contributed by atoms with Gasteiger partial charge in [0.2, 0.25) is 0 Å². The average Bonchev–Trinajstić information content (AvgIpc) is 3.80. The molecule has 11 nitrogen and oxygen atoms in total. The maximum absolute atomic E-state index is 13.9. The Bertz CT molecular complexity index is 1350. The van der Waals surface area contributed by atoms with Crippen molar-refractivity contribution in [2.45, 2.75) is 182 Å². The van der Waals surface area contributed by atoms with Gasteiger partial charge in [-0.2, -0.15) is 0 Å². The van der Waals surface area contributed by atoms with Crippen LogP contribution in [-0.4, -0.2) is 123 Å². The third-order valence-electron chi connectivity index (χ3n) is 13.9. The summed E-state index contributed by atoms with van der Waals surface area (Å²) in [5.74, 6) is 0.307. The van der Waals surface area contributed by atoms with Crippen molar-refractivity contribution in [3.8, 4) is 0 Å². The molecule has 0 spiro atoms. The van der Waals surface area contributed by atoms with Gasteiger partial charge in [0.05, 0.1) is 73.8 Å². The van der Waals surface area contributed by atoms with Crippen LogP contribution in [0.25, 0.3) is 0 Å². The number of Topliss-reactive ketones (excluding diaryl/α,β-unsaturated/α-hetero) is 1. The summed E-state index contributed by atoms with van der Waals surface area (Å²) in [6, 6.07) is 0. The van der Waals surface area contributed by atoms with Crippen molar-refractivity contribution in [2.24, 2.45) is 17.8 Å². The van der Waals surface area contributed by atoms with Gasteiger partial charge in [0.25, 0.3) is 0 Å². The summed E-state index contributed by atoms with van der Waals surface area (Å²) >= 11 is 0. The molecular weight excluding hydrogens is 656 g/mol. The molecule has 0 aromatic carbocycles. The molecule has 9 aliphatic rings. The minimum absolute atomic E-state index is 0.0112. The normalized spacial score (nSPS) is 52.7. The molecule has 9 fully saturated rings. The van der Waals surface area contributed by atoms with E-state index in [0.29, 0.717) is 25.4 Å². The van der Waals surface area contributed by atoms with Crippen LogP contribution < -0.4 is 0 Å². The van der Waals surface area contributed by atoms with Crippen molar-refractivity contribution < 1.29 is 52.2 Å². The molecule has 0 aromatic heterocycles. The van der Waals surface area contributed by atoms with Gasteiger partial charge >= 0.3 is 0 Å². The van der Waals surface area contributed by atoms with Crippen LogP contribution in [0.4, 0.5) is 0 Å². The average molecular weight is 713 g/mol. The third-order valence-corrected chi connectivity index (χ3v) is 13.9. The van der Waals surface area contributed by atoms with Gasteiger partial charge in [-0.25, -0.2) is 0 Å². The first-order valence-electron chi connectivity index (χ1n) is 19.8. The lowest BCUT2D eigenvalue weighted by molar-refractivity contribution is -0.265. The Labute approximate surface area is 301 Å². The lowest BCUT2D eigenvalue weighted by Crippen LogP contribution is -2.62. The van der Waals surface area contributed by atoms with Gasteiger partial charge in [-0.05, 0) is 68.4 Å². The summed E-state index contributed by atoms with van der Waals surface area (Å²) in [4.78, 5) is 25.6. The van der Waals surface area contributed by atoms with E-state index >= 15 is 0 Å². The minimum atomic E-state index is -0.415. The SMILES string of the molecule is C=C1C[C@@H]2CC[C@H]3O[C@@H]4[C@@H]5O[C@H]6CC[C@H](CC(=O)C[C@@H]7[C@@H](OC)[C@@H](CC=O)O[C@H]7C[C@H]7O[C@@H](CC[C@@H]1O2)C[C@@H](C)C7=C)O[C@@H]6[C@@H]1OCC3[C@H]4O[C@@H]15. The van der Waals surface area contributed by atoms with Crippen LogP contribution in [0.1, 0.15) is 84.0 Å². The molecule has 51 heavy (non-hydrogen) atoms. The third kappa shape index (κ3) is 6.44. The molecule has 0 aromatic rings. The maximum Gasteiger partial charge on any atom is 0.135 e. The fourth-order valence-electron chi connectivity index (χ4n) is 11.3. The lowest BCUT2D eigenvalue weighted by Gasteiger charge is -2.47. The number of ketones is 1. The predicted octanol–water partition coefficient (Wildman–Crippen LogP) is 4.22. The topological polar surface area (TPSA) is 117 Å². The van der Waals surface area contributed by atoms with E-state index in [0.717, 1.165) is 68.8 Å². The first-order valence-corrected chi connectivity index (χ1v) is 19.8. The van der Waals surface area contributed by atoms with Crippen molar-refractivity contribution in [3.63, 3.8) is 0 Å². The summed E-state index contributed by atoms with van der Waals surface area (Å²) < 4.78 is 59.5. The van der Waals surface area contributed by atoms with Crippen LogP contribution >= 0.6 is 0 Å². The molecule has 1 unspecified atom stereocenters. The maximum atomic E-state index is 13.9. The Morgan fingerprint density at radius 3 is 2.24 bits per heavy atom. The highest BCUT2D eigenvalue weighted by atomic mass is 16.7. The number of hydrogen-bond donors (Lipinski definition) is 0. The smallest absolute Gasteiger partial charge is 0.135 e. The second kappa shape index (κ2) is 14.3. The fraction of sp³-hybridized carbons (Fsp3) is 0.850. The van der Waals surface area contributed by atoms with Crippen molar-refractivity contribution >= 4 is 12.1 Å². The fourth-order valence-corrected chi connectivity index (χ4v) is 11.3. The zero-order valence-electron chi connectivity index (χ0n) is 30.1. The van der Waals surface area contributed by atoms with E-state index in [1.165, 1.54) is 0 Å². The number of hydrogen-bond acceptors (Lipinski definition) is 11. The van der Waals surface area contributed by atoms with Crippen LogP contribution in [0.2, 0.25) is 0 Å². The Morgan fingerprint density at radius 1 is 0.686 bits per heavy atom. The van der Waals surface area contributed by atoms with Gasteiger partial charge in [-0.3, -0.25) is 4.79 Å². The Kier molecular flexibility index (Phi) is 9.84. The first kappa shape index (κ1) is 35.2. The highest BCUT2D eigenvalue weighted by Crippen LogP contribution is 2.50. The van der Waals surface area contributed by atoms with Crippen molar-refractivity contribution in [2.75, 3.05) is 13.7 Å². The highest BCUT2D eigenvalue weighted by molar-refractivity contribution is 5.79. The summed E-state index contributed by atoms with van der Waals surface area (Å²) in [6.07, 6.45) is 6.40. The molecule has 9 saturated heterocycles. The van der Waals surface area contributed by atoms with Crippen LogP contribution in [0.3, 0.4) is 0 Å². The monoisotopic (exact) mass is 712 g/mol. The Balaban J connectivity index is 0.978. The molecule has 9 aliphatic heterocycles. The molecule has 9 rings (SSSR count). The quantitative estimate of drug-likeness (QED) is 0.310. The molecule has 282 valence electrons. The van der Waals surface area contributed by atoms with Gasteiger partial charge in [0.15, 0.2) is 0 Å². The molecule has 0 amide bonds. The Morgan fingerprint density at radius 2 is 1.41 bits per heavy atom. The summed E-state index contributed by atoms with van der Waals surface area (Å²) in [5.41, 5.74) is 2.22. The number of aldehydes is 1. The standard InChI is InChI=1S/C40H56O11/c1-19-13-23-5-8-28-20(2)14-24(45-28)6-9-29-27-18-44-37-36-30(50-40-38(49-29)35(27)51-39(37)40)10-7-25(47-36)15-22(42)16-26-33(17-32(46-23)21(19)3)48-31(11-12-41)34(26)43-4/h12,19,23-40H,2-3,5-11,13-18H2,1,4H3/t19-,23+,24+,25-,26+,27?,28+,29-,30+,31-,32-,33+,34-,35-,36+,37+,38+,39+,40+/m1/s1. The van der Waals surface area contributed by atoms with E-state index in [-0.39, 0.29) is 122 Å². The van der Waals surface area contributed by atoms with Gasteiger partial charge < -0.3 is 47.4 Å². The molecule has 0 N–H and O–H groups in total. The molecular formula is C40H56O11. The number of rotatable bonds is 3. The van der Waals surface area contributed by atoms with Crippen molar-refractivity contribution in [3.05, 3.63) is 24.3 Å². The van der Waals surface area contributed by atoms with Gasteiger partial charge in [0, 0.05) is 44.6 Å². The predicted molar refractivity (Wildman–Crippen MR) is 182 cm³/mol.